The molecule has 4 aromatic rings. The molecule has 0 radical (unpaired) electrons. The summed E-state index contributed by atoms with van der Waals surface area (Å²) in [4.78, 5) is 15.0. The first-order chi connectivity index (χ1) is 16.1. The van der Waals surface area contributed by atoms with E-state index in [4.69, 9.17) is 4.74 Å². The van der Waals surface area contributed by atoms with Crippen molar-refractivity contribution >= 4 is 22.7 Å². The summed E-state index contributed by atoms with van der Waals surface area (Å²) in [7, 11) is 1.61. The number of fused-ring (bicyclic) bond motifs is 1. The van der Waals surface area contributed by atoms with E-state index >= 15 is 0 Å². The third-order valence-corrected chi connectivity index (χ3v) is 6.36. The van der Waals surface area contributed by atoms with Gasteiger partial charge < -0.3 is 20.1 Å². The SMILES string of the molecule is COc1nc(Nc2ccc(CN3CCC(C)CC3)cc2)nc2[nH]cc(-c3ccc(O)cc3)c12. The Labute approximate surface area is 193 Å². The second-order valence-corrected chi connectivity index (χ2v) is 8.81. The highest BCUT2D eigenvalue weighted by atomic mass is 16.5. The number of phenolic OH excluding ortho intramolecular Hbond substituents is 1. The van der Waals surface area contributed by atoms with Crippen LogP contribution in [0.2, 0.25) is 0 Å². The Balaban J connectivity index is 1.34. The molecule has 33 heavy (non-hydrogen) atoms. The van der Waals surface area contributed by atoms with Gasteiger partial charge >= 0.3 is 0 Å². The van der Waals surface area contributed by atoms with Gasteiger partial charge in [0, 0.05) is 24.0 Å². The number of rotatable bonds is 6. The van der Waals surface area contributed by atoms with E-state index in [0.29, 0.717) is 17.5 Å². The second kappa shape index (κ2) is 9.11. The van der Waals surface area contributed by atoms with Crippen molar-refractivity contribution in [1.29, 1.82) is 0 Å². The van der Waals surface area contributed by atoms with Crippen LogP contribution in [0.1, 0.15) is 25.3 Å². The number of piperidine rings is 1. The maximum atomic E-state index is 9.59. The van der Waals surface area contributed by atoms with Crippen molar-refractivity contribution in [3.63, 3.8) is 0 Å². The standard InChI is InChI=1S/C26H29N5O2/c1-17-11-13-31(14-12-17)16-18-3-7-20(8-4-18)28-26-29-24-23(25(30-26)33-2)22(15-27-24)19-5-9-21(32)10-6-19/h3-10,15,17,32H,11-14,16H2,1-2H3,(H2,27,28,29,30). The van der Waals surface area contributed by atoms with Gasteiger partial charge in [0.1, 0.15) is 11.4 Å². The van der Waals surface area contributed by atoms with E-state index in [1.54, 1.807) is 19.2 Å². The number of likely N-dealkylation sites (tertiary alicyclic amines) is 1. The molecule has 3 N–H and O–H groups in total. The van der Waals surface area contributed by atoms with Crippen molar-refractivity contribution in [3.8, 4) is 22.8 Å². The number of nitrogens with zero attached hydrogens (tertiary/aromatic N) is 3. The number of aromatic nitrogens is 3. The van der Waals surface area contributed by atoms with Crippen LogP contribution in [0.4, 0.5) is 11.6 Å². The Bertz CT molecular complexity index is 1230. The third kappa shape index (κ3) is 4.64. The fourth-order valence-corrected chi connectivity index (χ4v) is 4.37. The van der Waals surface area contributed by atoms with E-state index < -0.39 is 0 Å². The molecule has 7 nitrogen and oxygen atoms in total. The summed E-state index contributed by atoms with van der Waals surface area (Å²) in [5.74, 6) is 2.03. The number of anilines is 2. The number of methoxy groups -OCH3 is 1. The molecule has 3 heterocycles. The van der Waals surface area contributed by atoms with Crippen LogP contribution in [0.15, 0.2) is 54.7 Å². The van der Waals surface area contributed by atoms with Gasteiger partial charge in [0.05, 0.1) is 12.5 Å². The number of phenols is 1. The zero-order valence-corrected chi connectivity index (χ0v) is 19.0. The molecule has 0 aliphatic carbocycles. The third-order valence-electron chi connectivity index (χ3n) is 6.36. The molecule has 0 spiro atoms. The quantitative estimate of drug-likeness (QED) is 0.374. The van der Waals surface area contributed by atoms with Crippen LogP contribution in [0.5, 0.6) is 11.6 Å². The van der Waals surface area contributed by atoms with Crippen molar-refractivity contribution in [2.75, 3.05) is 25.5 Å². The number of hydrogen-bond donors (Lipinski definition) is 3. The lowest BCUT2D eigenvalue weighted by Crippen LogP contribution is -2.32. The minimum absolute atomic E-state index is 0.227. The molecule has 5 rings (SSSR count). The van der Waals surface area contributed by atoms with Gasteiger partial charge in [-0.25, -0.2) is 0 Å². The second-order valence-electron chi connectivity index (χ2n) is 8.81. The van der Waals surface area contributed by atoms with Crippen LogP contribution < -0.4 is 10.1 Å². The number of H-pyrrole nitrogens is 1. The molecule has 170 valence electrons. The first kappa shape index (κ1) is 21.3. The number of aromatic amines is 1. The Morgan fingerprint density at radius 3 is 2.48 bits per heavy atom. The molecule has 2 aromatic heterocycles. The van der Waals surface area contributed by atoms with Crippen LogP contribution in [0.25, 0.3) is 22.2 Å². The maximum absolute atomic E-state index is 9.59. The van der Waals surface area contributed by atoms with Crippen molar-refractivity contribution in [2.24, 2.45) is 5.92 Å². The predicted molar refractivity (Wildman–Crippen MR) is 131 cm³/mol. The van der Waals surface area contributed by atoms with E-state index in [1.165, 1.54) is 31.5 Å². The van der Waals surface area contributed by atoms with Gasteiger partial charge in [-0.1, -0.05) is 31.2 Å². The highest BCUT2D eigenvalue weighted by Gasteiger charge is 2.17. The van der Waals surface area contributed by atoms with E-state index in [9.17, 15) is 5.11 Å². The van der Waals surface area contributed by atoms with Crippen molar-refractivity contribution < 1.29 is 9.84 Å². The molecule has 0 unspecified atom stereocenters. The summed E-state index contributed by atoms with van der Waals surface area (Å²) >= 11 is 0. The highest BCUT2D eigenvalue weighted by molar-refractivity contribution is 5.97. The number of ether oxygens (including phenoxy) is 1. The molecule has 0 atom stereocenters. The zero-order valence-electron chi connectivity index (χ0n) is 19.0. The first-order valence-electron chi connectivity index (χ1n) is 11.4. The van der Waals surface area contributed by atoms with Gasteiger partial charge in [-0.3, -0.25) is 4.90 Å². The summed E-state index contributed by atoms with van der Waals surface area (Å²) in [6, 6.07) is 15.5. The fourth-order valence-electron chi connectivity index (χ4n) is 4.37. The average molecular weight is 444 g/mol. The van der Waals surface area contributed by atoms with Gasteiger partial charge in [-0.05, 0) is 67.2 Å². The van der Waals surface area contributed by atoms with Crippen molar-refractivity contribution in [2.45, 2.75) is 26.3 Å². The number of benzene rings is 2. The van der Waals surface area contributed by atoms with Crippen molar-refractivity contribution in [1.82, 2.24) is 19.9 Å². The molecule has 1 aliphatic heterocycles. The molecule has 7 heteroatoms. The summed E-state index contributed by atoms with van der Waals surface area (Å²) in [5.41, 5.74) is 4.79. The maximum Gasteiger partial charge on any atom is 0.232 e. The van der Waals surface area contributed by atoms with Crippen LogP contribution in [-0.2, 0) is 6.54 Å². The summed E-state index contributed by atoms with van der Waals surface area (Å²) in [6.45, 7) is 5.69. The Morgan fingerprint density at radius 1 is 1.06 bits per heavy atom. The molecule has 2 aromatic carbocycles. The minimum atomic E-state index is 0.227. The molecule has 0 saturated carbocycles. The molecule has 0 amide bonds. The highest BCUT2D eigenvalue weighted by Crippen LogP contribution is 2.35. The normalized spacial score (nSPS) is 15.1. The lowest BCUT2D eigenvalue weighted by Gasteiger charge is -2.30. The molecular weight excluding hydrogens is 414 g/mol. The average Bonchev–Trinajstić information content (AvgIpc) is 3.26. The Kier molecular flexibility index (Phi) is 5.88. The smallest absolute Gasteiger partial charge is 0.232 e. The van der Waals surface area contributed by atoms with E-state index in [1.807, 2.05) is 18.3 Å². The van der Waals surface area contributed by atoms with Crippen LogP contribution in [-0.4, -0.2) is 45.2 Å². The lowest BCUT2D eigenvalue weighted by atomic mass is 9.99. The lowest BCUT2D eigenvalue weighted by molar-refractivity contribution is 0.185. The first-order valence-corrected chi connectivity index (χ1v) is 11.4. The molecule has 0 bridgehead atoms. The predicted octanol–water partition coefficient (Wildman–Crippen LogP) is 5.31. The summed E-state index contributed by atoms with van der Waals surface area (Å²) in [5, 5.41) is 13.7. The van der Waals surface area contributed by atoms with Crippen LogP contribution >= 0.6 is 0 Å². The summed E-state index contributed by atoms with van der Waals surface area (Å²) < 4.78 is 5.60. The summed E-state index contributed by atoms with van der Waals surface area (Å²) in [6.07, 6.45) is 4.46. The molecular formula is C26H29N5O2. The van der Waals surface area contributed by atoms with Gasteiger partial charge in [-0.2, -0.15) is 9.97 Å². The van der Waals surface area contributed by atoms with Crippen LogP contribution in [0.3, 0.4) is 0 Å². The van der Waals surface area contributed by atoms with E-state index in [0.717, 1.165) is 34.7 Å². The molecule has 1 aliphatic rings. The monoisotopic (exact) mass is 443 g/mol. The van der Waals surface area contributed by atoms with E-state index in [-0.39, 0.29) is 5.75 Å². The Morgan fingerprint density at radius 2 is 1.79 bits per heavy atom. The van der Waals surface area contributed by atoms with Crippen LogP contribution in [0, 0.1) is 5.92 Å². The van der Waals surface area contributed by atoms with Crippen molar-refractivity contribution in [3.05, 3.63) is 60.3 Å². The Hall–Kier alpha value is -3.58. The molecule has 1 fully saturated rings. The number of nitrogens with one attached hydrogen (secondary N) is 2. The largest absolute Gasteiger partial charge is 0.508 e. The number of aromatic hydroxyl groups is 1. The van der Waals surface area contributed by atoms with Gasteiger partial charge in [0.2, 0.25) is 11.8 Å². The topological polar surface area (TPSA) is 86.3 Å². The minimum Gasteiger partial charge on any atom is -0.508 e. The fraction of sp³-hybridized carbons (Fsp3) is 0.308. The zero-order chi connectivity index (χ0) is 22.8. The number of hydrogen-bond acceptors (Lipinski definition) is 6. The molecule has 1 saturated heterocycles. The van der Waals surface area contributed by atoms with Gasteiger partial charge in [-0.15, -0.1) is 0 Å². The van der Waals surface area contributed by atoms with Gasteiger partial charge in [0.25, 0.3) is 0 Å². The van der Waals surface area contributed by atoms with Gasteiger partial charge in [0.15, 0.2) is 0 Å². The van der Waals surface area contributed by atoms with E-state index in [2.05, 4.69) is 56.4 Å².